The maximum Gasteiger partial charge on any atom is 0.343 e. The Balaban J connectivity index is 1.46. The topological polar surface area (TPSA) is 72.9 Å². The fourth-order valence-electron chi connectivity index (χ4n) is 3.57. The molecule has 32 heavy (non-hydrogen) atoms. The maximum atomic E-state index is 12.4. The second kappa shape index (κ2) is 10.2. The second-order valence-electron chi connectivity index (χ2n) is 7.78. The van der Waals surface area contributed by atoms with Crippen LogP contribution in [-0.4, -0.2) is 49.1 Å². The molecule has 166 valence electrons. The van der Waals surface area contributed by atoms with Crippen molar-refractivity contribution in [1.29, 1.82) is 0 Å². The molecule has 2 heterocycles. The fraction of sp³-hybridized carbons (Fsp3) is 0.280. The van der Waals surface area contributed by atoms with Gasteiger partial charge in [0.05, 0.1) is 19.0 Å². The number of pyridine rings is 1. The summed E-state index contributed by atoms with van der Waals surface area (Å²) in [4.78, 5) is 19.1. The zero-order chi connectivity index (χ0) is 22.3. The molecule has 1 aromatic heterocycles. The Kier molecular flexibility index (Phi) is 6.87. The number of aromatic nitrogens is 1. The third-order valence-electron chi connectivity index (χ3n) is 5.36. The quantitative estimate of drug-likeness (QED) is 0.528. The molecule has 4 rings (SSSR count). The van der Waals surface area contributed by atoms with Crippen molar-refractivity contribution in [2.24, 2.45) is 0 Å². The third kappa shape index (κ3) is 5.56. The van der Waals surface area contributed by atoms with E-state index in [1.165, 1.54) is 7.11 Å². The van der Waals surface area contributed by atoms with E-state index in [1.807, 2.05) is 30.3 Å². The van der Waals surface area contributed by atoms with Gasteiger partial charge in [-0.1, -0.05) is 18.2 Å². The fourth-order valence-corrected chi connectivity index (χ4v) is 3.57. The van der Waals surface area contributed by atoms with Crippen LogP contribution < -0.4 is 14.8 Å². The molecule has 1 aliphatic rings. The zero-order valence-corrected chi connectivity index (χ0v) is 18.3. The van der Waals surface area contributed by atoms with Crippen molar-refractivity contribution in [2.45, 2.75) is 18.9 Å². The molecule has 1 aliphatic heterocycles. The van der Waals surface area contributed by atoms with E-state index in [1.54, 1.807) is 36.5 Å². The van der Waals surface area contributed by atoms with Crippen LogP contribution in [0.4, 0.5) is 5.69 Å². The summed E-state index contributed by atoms with van der Waals surface area (Å²) >= 11 is 0. The summed E-state index contributed by atoms with van der Waals surface area (Å²) in [5.74, 6) is 1.68. The SMILES string of the molecule is COC(=O)c1cc(NC2CCN(C)CC2)cnc1Oc1ccc(Oc2ccccc2)cc1. The molecule has 0 amide bonds. The van der Waals surface area contributed by atoms with E-state index < -0.39 is 5.97 Å². The van der Waals surface area contributed by atoms with Gasteiger partial charge in [-0.15, -0.1) is 0 Å². The van der Waals surface area contributed by atoms with Gasteiger partial charge in [-0.3, -0.25) is 0 Å². The molecule has 0 atom stereocenters. The molecule has 2 aromatic carbocycles. The number of nitrogens with one attached hydrogen (secondary N) is 1. The molecule has 7 nitrogen and oxygen atoms in total. The van der Waals surface area contributed by atoms with Crippen molar-refractivity contribution < 1.29 is 19.0 Å². The zero-order valence-electron chi connectivity index (χ0n) is 18.3. The van der Waals surface area contributed by atoms with E-state index in [2.05, 4.69) is 22.2 Å². The molecule has 1 fully saturated rings. The maximum absolute atomic E-state index is 12.4. The number of anilines is 1. The smallest absolute Gasteiger partial charge is 0.343 e. The van der Waals surface area contributed by atoms with Crippen LogP contribution in [-0.2, 0) is 4.74 Å². The Hall–Kier alpha value is -3.58. The first kappa shape index (κ1) is 21.6. The predicted molar refractivity (Wildman–Crippen MR) is 123 cm³/mol. The average Bonchev–Trinajstić information content (AvgIpc) is 2.83. The van der Waals surface area contributed by atoms with Crippen molar-refractivity contribution in [3.8, 4) is 23.1 Å². The number of carbonyl (C=O) groups is 1. The molecule has 0 radical (unpaired) electrons. The number of likely N-dealkylation sites (tertiary alicyclic amines) is 1. The lowest BCUT2D eigenvalue weighted by molar-refractivity contribution is 0.0597. The summed E-state index contributed by atoms with van der Waals surface area (Å²) in [6, 6.07) is 18.8. The number of para-hydroxylation sites is 1. The van der Waals surface area contributed by atoms with Crippen molar-refractivity contribution in [2.75, 3.05) is 32.6 Å². The number of rotatable bonds is 7. The first-order valence-electron chi connectivity index (χ1n) is 10.6. The summed E-state index contributed by atoms with van der Waals surface area (Å²) in [6.45, 7) is 2.08. The van der Waals surface area contributed by atoms with Crippen molar-refractivity contribution >= 4 is 11.7 Å². The molecular formula is C25H27N3O4. The van der Waals surface area contributed by atoms with Crippen molar-refractivity contribution in [3.05, 3.63) is 72.4 Å². The van der Waals surface area contributed by atoms with Crippen LogP contribution in [0.25, 0.3) is 0 Å². The number of methoxy groups -OCH3 is 1. The summed E-state index contributed by atoms with van der Waals surface area (Å²) in [7, 11) is 3.47. The standard InChI is InChI=1S/C25H27N3O4/c1-28-14-12-18(13-15-28)27-19-16-23(25(29)30-2)24(26-17-19)32-22-10-8-21(9-11-22)31-20-6-4-3-5-7-20/h3-11,16-18,27H,12-15H2,1-2H3. The number of carbonyl (C=O) groups excluding carboxylic acids is 1. The first-order chi connectivity index (χ1) is 15.6. The van der Waals surface area contributed by atoms with Crippen LogP contribution in [0.15, 0.2) is 66.9 Å². The highest BCUT2D eigenvalue weighted by atomic mass is 16.5. The number of hydrogen-bond acceptors (Lipinski definition) is 7. The van der Waals surface area contributed by atoms with Gasteiger partial charge >= 0.3 is 5.97 Å². The second-order valence-corrected chi connectivity index (χ2v) is 7.78. The monoisotopic (exact) mass is 433 g/mol. The highest BCUT2D eigenvalue weighted by molar-refractivity contribution is 5.93. The van der Waals surface area contributed by atoms with Gasteiger partial charge in [-0.2, -0.15) is 0 Å². The lowest BCUT2D eigenvalue weighted by Gasteiger charge is -2.30. The van der Waals surface area contributed by atoms with Crippen LogP contribution >= 0.6 is 0 Å². The van der Waals surface area contributed by atoms with Gasteiger partial charge in [-0.05, 0) is 75.4 Å². The number of ether oxygens (including phenoxy) is 3. The molecule has 0 unspecified atom stereocenters. The van der Waals surface area contributed by atoms with E-state index in [-0.39, 0.29) is 11.4 Å². The third-order valence-corrected chi connectivity index (χ3v) is 5.36. The van der Waals surface area contributed by atoms with Crippen LogP contribution in [0, 0.1) is 0 Å². The number of nitrogens with zero attached hydrogens (tertiary/aromatic N) is 2. The molecule has 1 N–H and O–H groups in total. The number of piperidine rings is 1. The molecule has 0 spiro atoms. The number of esters is 1. The highest BCUT2D eigenvalue weighted by Gasteiger charge is 2.20. The van der Waals surface area contributed by atoms with E-state index in [4.69, 9.17) is 14.2 Å². The molecule has 0 bridgehead atoms. The summed E-state index contributed by atoms with van der Waals surface area (Å²) in [5.41, 5.74) is 1.05. The predicted octanol–water partition coefficient (Wildman–Crippen LogP) is 4.96. The normalized spacial score (nSPS) is 14.6. The number of hydrogen-bond donors (Lipinski definition) is 1. The molecule has 0 saturated carbocycles. The minimum Gasteiger partial charge on any atom is -0.465 e. The van der Waals surface area contributed by atoms with E-state index in [0.29, 0.717) is 17.5 Å². The molecule has 3 aromatic rings. The van der Waals surface area contributed by atoms with Gasteiger partial charge in [0.1, 0.15) is 22.8 Å². The number of benzene rings is 2. The summed E-state index contributed by atoms with van der Waals surface area (Å²) in [6.07, 6.45) is 3.77. The van der Waals surface area contributed by atoms with Gasteiger partial charge < -0.3 is 24.4 Å². The van der Waals surface area contributed by atoms with E-state index in [0.717, 1.165) is 37.4 Å². The van der Waals surface area contributed by atoms with E-state index >= 15 is 0 Å². The molecule has 1 saturated heterocycles. The van der Waals surface area contributed by atoms with Gasteiger partial charge in [0.25, 0.3) is 0 Å². The van der Waals surface area contributed by atoms with Crippen molar-refractivity contribution in [1.82, 2.24) is 9.88 Å². The van der Waals surface area contributed by atoms with Crippen LogP contribution in [0.5, 0.6) is 23.1 Å². The minimum absolute atomic E-state index is 0.197. The Labute approximate surface area is 187 Å². The van der Waals surface area contributed by atoms with Gasteiger partial charge in [0.15, 0.2) is 0 Å². The van der Waals surface area contributed by atoms with Gasteiger partial charge in [0, 0.05) is 6.04 Å². The van der Waals surface area contributed by atoms with Crippen LogP contribution in [0.3, 0.4) is 0 Å². The lowest BCUT2D eigenvalue weighted by atomic mass is 10.1. The first-order valence-corrected chi connectivity index (χ1v) is 10.6. The Morgan fingerprint density at radius 2 is 1.59 bits per heavy atom. The minimum atomic E-state index is -0.497. The van der Waals surface area contributed by atoms with Crippen LogP contribution in [0.2, 0.25) is 0 Å². The Morgan fingerprint density at radius 3 is 2.25 bits per heavy atom. The molecule has 0 aliphatic carbocycles. The van der Waals surface area contributed by atoms with Crippen LogP contribution in [0.1, 0.15) is 23.2 Å². The summed E-state index contributed by atoms with van der Waals surface area (Å²) in [5, 5.41) is 3.47. The Bertz CT molecular complexity index is 1030. The van der Waals surface area contributed by atoms with Gasteiger partial charge in [0.2, 0.25) is 5.88 Å². The molecule has 7 heteroatoms. The Morgan fingerprint density at radius 1 is 0.969 bits per heavy atom. The summed E-state index contributed by atoms with van der Waals surface area (Å²) < 4.78 is 16.6. The van der Waals surface area contributed by atoms with Gasteiger partial charge in [-0.25, -0.2) is 9.78 Å². The largest absolute Gasteiger partial charge is 0.465 e. The van der Waals surface area contributed by atoms with E-state index in [9.17, 15) is 4.79 Å². The molecular weight excluding hydrogens is 406 g/mol. The average molecular weight is 434 g/mol. The lowest BCUT2D eigenvalue weighted by Crippen LogP contribution is -2.36. The van der Waals surface area contributed by atoms with Crippen molar-refractivity contribution in [3.63, 3.8) is 0 Å². The highest BCUT2D eigenvalue weighted by Crippen LogP contribution is 2.29.